The number of thiophene rings is 2. The second kappa shape index (κ2) is 20.9. The van der Waals surface area contributed by atoms with Crippen LogP contribution in [0.15, 0.2) is 72.8 Å². The first-order chi connectivity index (χ1) is 23.7. The van der Waals surface area contributed by atoms with Gasteiger partial charge >= 0.3 is 0 Å². The van der Waals surface area contributed by atoms with E-state index in [9.17, 15) is 0 Å². The predicted octanol–water partition coefficient (Wildman–Crippen LogP) is 16.4. The summed E-state index contributed by atoms with van der Waals surface area (Å²) < 4.78 is 2.79. The zero-order valence-corrected chi connectivity index (χ0v) is 31.9. The van der Waals surface area contributed by atoms with Crippen LogP contribution in [0.1, 0.15) is 153 Å². The fraction of sp³-hybridized carbons (Fsp3) is 0.522. The largest absolute Gasteiger partial charge is 0.135 e. The highest BCUT2D eigenvalue weighted by atomic mass is 32.1. The average molecular weight is 679 g/mol. The normalized spacial score (nSPS) is 11.7. The van der Waals surface area contributed by atoms with Gasteiger partial charge in [-0.05, 0) is 83.0 Å². The van der Waals surface area contributed by atoms with Gasteiger partial charge in [0, 0.05) is 19.2 Å². The molecule has 2 heterocycles. The van der Waals surface area contributed by atoms with Crippen LogP contribution in [0.3, 0.4) is 0 Å². The minimum absolute atomic E-state index is 1.21. The summed E-state index contributed by atoms with van der Waals surface area (Å²) in [5, 5.41) is 2.74. The maximum absolute atomic E-state index is 2.42. The summed E-state index contributed by atoms with van der Waals surface area (Å²) in [5.74, 6) is 0. The summed E-state index contributed by atoms with van der Waals surface area (Å²) in [4.78, 5) is 2.76. The van der Waals surface area contributed by atoms with Crippen LogP contribution in [0, 0.1) is 0 Å². The minimum Gasteiger partial charge on any atom is -0.135 e. The molecule has 2 heteroatoms. The van der Waals surface area contributed by atoms with Gasteiger partial charge in [0.05, 0.1) is 0 Å². The van der Waals surface area contributed by atoms with Gasteiger partial charge in [-0.25, -0.2) is 0 Å². The summed E-state index contributed by atoms with van der Waals surface area (Å²) in [7, 11) is 0. The van der Waals surface area contributed by atoms with Crippen molar-refractivity contribution in [1.82, 2.24) is 0 Å². The van der Waals surface area contributed by atoms with Crippen LogP contribution in [-0.2, 0) is 12.8 Å². The SMILES string of the molecule is CCCCCCCCCCCCc1ccc(-c2cc3cc4cc(-c5ccc(CCCCCCCCCCCC)cc5)sc4cc3s2)cc1. The number of hydrogen-bond acceptors (Lipinski definition) is 2. The standard InChI is InChI=1S/C46H62S2/c1-3-5-7-9-11-13-15-17-19-21-23-37-25-29-39(30-26-37)43-34-41-33-42-35-44(48-46(42)36-45(41)47-43)40-31-27-38(28-32-40)24-22-20-18-16-14-12-10-8-6-4-2/h25-36H,3-24H2,1-2H3. The molecule has 0 N–H and O–H groups in total. The summed E-state index contributed by atoms with van der Waals surface area (Å²) in [6.07, 6.45) is 30.4. The van der Waals surface area contributed by atoms with Crippen molar-refractivity contribution in [3.8, 4) is 20.9 Å². The predicted molar refractivity (Wildman–Crippen MR) is 219 cm³/mol. The van der Waals surface area contributed by atoms with Gasteiger partial charge in [0.15, 0.2) is 0 Å². The average Bonchev–Trinajstić information content (AvgIpc) is 3.73. The third-order valence-corrected chi connectivity index (χ3v) is 12.6. The maximum atomic E-state index is 2.42. The van der Waals surface area contributed by atoms with Crippen molar-refractivity contribution in [3.63, 3.8) is 0 Å². The molecule has 0 atom stereocenters. The first-order valence-corrected chi connectivity index (χ1v) is 21.5. The highest BCUT2D eigenvalue weighted by molar-refractivity contribution is 7.24. The van der Waals surface area contributed by atoms with Gasteiger partial charge in [0.25, 0.3) is 0 Å². The van der Waals surface area contributed by atoms with Crippen LogP contribution in [0.4, 0.5) is 0 Å². The Bertz CT molecular complexity index is 1420. The third kappa shape index (κ3) is 11.9. The quantitative estimate of drug-likeness (QED) is 0.0570. The van der Waals surface area contributed by atoms with E-state index < -0.39 is 0 Å². The molecule has 0 amide bonds. The van der Waals surface area contributed by atoms with Gasteiger partial charge in [-0.2, -0.15) is 0 Å². The molecule has 0 fully saturated rings. The van der Waals surface area contributed by atoms with Crippen molar-refractivity contribution in [3.05, 3.63) is 83.9 Å². The number of unbranched alkanes of at least 4 members (excludes halogenated alkanes) is 18. The number of benzene rings is 3. The second-order valence-corrected chi connectivity index (χ2v) is 16.6. The lowest BCUT2D eigenvalue weighted by Crippen LogP contribution is -1.87. The maximum Gasteiger partial charge on any atom is 0.0363 e. The highest BCUT2D eigenvalue weighted by Gasteiger charge is 2.10. The number of fused-ring (bicyclic) bond motifs is 2. The molecule has 0 aliphatic heterocycles. The van der Waals surface area contributed by atoms with Crippen molar-refractivity contribution in [2.45, 2.75) is 155 Å². The molecule has 0 aliphatic rings. The zero-order chi connectivity index (χ0) is 33.2. The molecule has 0 spiro atoms. The van der Waals surface area contributed by atoms with Crippen LogP contribution < -0.4 is 0 Å². The van der Waals surface area contributed by atoms with Gasteiger partial charge in [-0.15, -0.1) is 22.7 Å². The van der Waals surface area contributed by atoms with E-state index in [1.807, 2.05) is 22.7 Å². The van der Waals surface area contributed by atoms with Gasteiger partial charge < -0.3 is 0 Å². The molecular formula is C46H62S2. The molecule has 0 radical (unpaired) electrons. The van der Waals surface area contributed by atoms with Gasteiger partial charge in [-0.3, -0.25) is 0 Å². The van der Waals surface area contributed by atoms with E-state index >= 15 is 0 Å². The van der Waals surface area contributed by atoms with Crippen LogP contribution in [0.25, 0.3) is 41.1 Å². The van der Waals surface area contributed by atoms with E-state index in [2.05, 4.69) is 86.6 Å². The molecule has 48 heavy (non-hydrogen) atoms. The Morgan fingerprint density at radius 1 is 0.354 bits per heavy atom. The lowest BCUT2D eigenvalue weighted by Gasteiger charge is -2.04. The Labute approximate surface area is 301 Å². The number of rotatable bonds is 24. The molecular weight excluding hydrogens is 617 g/mol. The molecule has 5 aromatic rings. The minimum atomic E-state index is 1.21. The molecule has 0 bridgehead atoms. The van der Waals surface area contributed by atoms with Crippen LogP contribution in [-0.4, -0.2) is 0 Å². The van der Waals surface area contributed by atoms with Crippen LogP contribution in [0.2, 0.25) is 0 Å². The fourth-order valence-electron chi connectivity index (χ4n) is 7.17. The van der Waals surface area contributed by atoms with E-state index in [1.54, 1.807) is 0 Å². The third-order valence-electron chi connectivity index (χ3n) is 10.3. The van der Waals surface area contributed by atoms with Crippen LogP contribution in [0.5, 0.6) is 0 Å². The van der Waals surface area contributed by atoms with Crippen LogP contribution >= 0.6 is 22.7 Å². The molecule has 3 aromatic carbocycles. The zero-order valence-electron chi connectivity index (χ0n) is 30.3. The van der Waals surface area contributed by atoms with Gasteiger partial charge in [0.1, 0.15) is 0 Å². The Morgan fingerprint density at radius 3 is 1.04 bits per heavy atom. The molecule has 2 aromatic heterocycles. The highest BCUT2D eigenvalue weighted by Crippen LogP contribution is 2.40. The molecule has 258 valence electrons. The number of aryl methyl sites for hydroxylation is 2. The molecule has 5 rings (SSSR count). The Hall–Kier alpha value is -2.42. The lowest BCUT2D eigenvalue weighted by atomic mass is 10.0. The molecule has 0 unspecified atom stereocenters. The fourth-order valence-corrected chi connectivity index (χ4v) is 9.42. The van der Waals surface area contributed by atoms with E-state index in [0.29, 0.717) is 0 Å². The van der Waals surface area contributed by atoms with Crippen molar-refractivity contribution in [2.75, 3.05) is 0 Å². The number of hydrogen-bond donors (Lipinski definition) is 0. The lowest BCUT2D eigenvalue weighted by molar-refractivity contribution is 0.556. The molecule has 0 saturated carbocycles. The topological polar surface area (TPSA) is 0 Å². The summed E-state index contributed by atoms with van der Waals surface area (Å²) >= 11 is 3.87. The van der Waals surface area contributed by atoms with Crippen molar-refractivity contribution in [2.24, 2.45) is 0 Å². The Balaban J connectivity index is 1.05. The molecule has 0 aliphatic carbocycles. The summed E-state index contributed by atoms with van der Waals surface area (Å²) in [5.41, 5.74) is 5.67. The summed E-state index contributed by atoms with van der Waals surface area (Å²) in [6.45, 7) is 4.60. The van der Waals surface area contributed by atoms with E-state index in [0.717, 1.165) is 0 Å². The molecule has 0 saturated heterocycles. The van der Waals surface area contributed by atoms with Crippen molar-refractivity contribution < 1.29 is 0 Å². The first-order valence-electron chi connectivity index (χ1n) is 19.9. The van der Waals surface area contributed by atoms with Crippen molar-refractivity contribution in [1.29, 1.82) is 0 Å². The van der Waals surface area contributed by atoms with E-state index in [4.69, 9.17) is 0 Å². The molecule has 0 nitrogen and oxygen atoms in total. The first kappa shape index (κ1) is 36.9. The smallest absolute Gasteiger partial charge is 0.0363 e. The van der Waals surface area contributed by atoms with E-state index in [1.165, 1.54) is 193 Å². The Morgan fingerprint density at radius 2 is 0.688 bits per heavy atom. The second-order valence-electron chi connectivity index (χ2n) is 14.4. The Kier molecular flexibility index (Phi) is 16.1. The van der Waals surface area contributed by atoms with Crippen molar-refractivity contribution >= 4 is 42.8 Å². The van der Waals surface area contributed by atoms with E-state index in [-0.39, 0.29) is 0 Å². The summed E-state index contributed by atoms with van der Waals surface area (Å²) in [6, 6.07) is 28.5. The monoisotopic (exact) mass is 678 g/mol. The van der Waals surface area contributed by atoms with Gasteiger partial charge in [-0.1, -0.05) is 178 Å². The van der Waals surface area contributed by atoms with Gasteiger partial charge in [0.2, 0.25) is 0 Å².